The van der Waals surface area contributed by atoms with Crippen molar-refractivity contribution >= 4 is 39.1 Å². The van der Waals surface area contributed by atoms with Gasteiger partial charge >= 0.3 is 0 Å². The van der Waals surface area contributed by atoms with Crippen molar-refractivity contribution in [2.45, 2.75) is 52.1 Å². The van der Waals surface area contributed by atoms with Crippen molar-refractivity contribution in [2.24, 2.45) is 5.92 Å². The van der Waals surface area contributed by atoms with Gasteiger partial charge in [0.1, 0.15) is 12.6 Å². The minimum atomic E-state index is -4.15. The van der Waals surface area contributed by atoms with Crippen LogP contribution in [-0.4, -0.2) is 44.3 Å². The molecule has 0 heterocycles. The largest absolute Gasteiger partial charge is 0.354 e. The Morgan fingerprint density at radius 3 is 2.18 bits per heavy atom. The molecule has 0 aliphatic heterocycles. The van der Waals surface area contributed by atoms with Gasteiger partial charge in [-0.3, -0.25) is 13.9 Å². The Balaban J connectivity index is 2.04. The number of nitrogens with zero attached hydrogens (tertiary/aromatic N) is 2. The van der Waals surface area contributed by atoms with Crippen LogP contribution in [0.25, 0.3) is 0 Å². The zero-order chi connectivity index (χ0) is 28.7. The summed E-state index contributed by atoms with van der Waals surface area (Å²) in [5.74, 6) is -0.582. The molecule has 1 atom stereocenters. The third-order valence-electron chi connectivity index (χ3n) is 6.38. The molecule has 0 spiro atoms. The number of hydrogen-bond acceptors (Lipinski definition) is 4. The number of sulfonamides is 1. The number of benzene rings is 3. The second-order valence-corrected chi connectivity index (χ2v) is 12.4. The molecule has 7 nitrogen and oxygen atoms in total. The van der Waals surface area contributed by atoms with E-state index in [4.69, 9.17) is 11.6 Å². The standard InChI is InChI=1S/C30H36ClN3O4S/c1-21(2)18-32-30(36)24(5)33(19-25-9-7-6-8-10-25)29(35)20-34(28-17-26(31)14-13-23(28)4)39(37,38)27-15-11-22(3)12-16-27/h6-17,21,24H,18-20H2,1-5H3,(H,32,36)/t24-/m1/s1. The van der Waals surface area contributed by atoms with Crippen molar-refractivity contribution in [3.8, 4) is 0 Å². The van der Waals surface area contributed by atoms with E-state index in [0.29, 0.717) is 22.8 Å². The van der Waals surface area contributed by atoms with E-state index in [2.05, 4.69) is 5.32 Å². The highest BCUT2D eigenvalue weighted by atomic mass is 35.5. The molecule has 0 fully saturated rings. The quantitative estimate of drug-likeness (QED) is 0.338. The average molecular weight is 570 g/mol. The molecule has 9 heteroatoms. The fourth-order valence-electron chi connectivity index (χ4n) is 4.02. The van der Waals surface area contributed by atoms with Crippen molar-refractivity contribution in [1.82, 2.24) is 10.2 Å². The van der Waals surface area contributed by atoms with Gasteiger partial charge in [-0.05, 0) is 62.1 Å². The molecule has 0 saturated heterocycles. The monoisotopic (exact) mass is 569 g/mol. The lowest BCUT2D eigenvalue weighted by Gasteiger charge is -2.32. The second-order valence-electron chi connectivity index (χ2n) is 10.1. The summed E-state index contributed by atoms with van der Waals surface area (Å²) in [6.45, 7) is 9.35. The lowest BCUT2D eigenvalue weighted by molar-refractivity contribution is -0.139. The van der Waals surface area contributed by atoms with Crippen LogP contribution >= 0.6 is 11.6 Å². The maximum absolute atomic E-state index is 14.0. The van der Waals surface area contributed by atoms with Crippen LogP contribution in [0.4, 0.5) is 5.69 Å². The van der Waals surface area contributed by atoms with E-state index in [1.54, 1.807) is 38.1 Å². The van der Waals surface area contributed by atoms with Crippen LogP contribution in [0, 0.1) is 19.8 Å². The predicted octanol–water partition coefficient (Wildman–Crippen LogP) is 5.34. The first-order chi connectivity index (χ1) is 18.4. The SMILES string of the molecule is Cc1ccc(S(=O)(=O)N(CC(=O)N(Cc2ccccc2)[C@H](C)C(=O)NCC(C)C)c2cc(Cl)ccc2C)cc1. The fraction of sp³-hybridized carbons (Fsp3) is 0.333. The zero-order valence-electron chi connectivity index (χ0n) is 23.0. The number of nitrogens with one attached hydrogen (secondary N) is 1. The molecule has 0 unspecified atom stereocenters. The van der Waals surface area contributed by atoms with Crippen molar-refractivity contribution in [2.75, 3.05) is 17.4 Å². The zero-order valence-corrected chi connectivity index (χ0v) is 24.6. The first-order valence-electron chi connectivity index (χ1n) is 12.9. The van der Waals surface area contributed by atoms with Gasteiger partial charge in [-0.25, -0.2) is 8.42 Å². The van der Waals surface area contributed by atoms with Gasteiger partial charge < -0.3 is 10.2 Å². The Morgan fingerprint density at radius 2 is 1.56 bits per heavy atom. The van der Waals surface area contributed by atoms with Crippen LogP contribution in [0.3, 0.4) is 0 Å². The van der Waals surface area contributed by atoms with Crippen LogP contribution in [0.2, 0.25) is 5.02 Å². The molecule has 208 valence electrons. The Labute approximate surface area is 236 Å². The molecule has 2 amide bonds. The molecule has 3 aromatic rings. The Bertz CT molecular complexity index is 1390. The van der Waals surface area contributed by atoms with E-state index < -0.39 is 28.5 Å². The Morgan fingerprint density at radius 1 is 0.923 bits per heavy atom. The van der Waals surface area contributed by atoms with E-state index in [9.17, 15) is 18.0 Å². The lowest BCUT2D eigenvalue weighted by Crippen LogP contribution is -2.51. The van der Waals surface area contributed by atoms with Gasteiger partial charge in [0.2, 0.25) is 11.8 Å². The Kier molecular flexibility index (Phi) is 10.2. The normalized spacial score (nSPS) is 12.2. The van der Waals surface area contributed by atoms with E-state index in [-0.39, 0.29) is 23.3 Å². The number of rotatable bonds is 11. The van der Waals surface area contributed by atoms with Crippen LogP contribution in [0.15, 0.2) is 77.7 Å². The number of carbonyl (C=O) groups excluding carboxylic acids is 2. The third-order valence-corrected chi connectivity index (χ3v) is 8.38. The number of carbonyl (C=O) groups is 2. The molecule has 0 aliphatic rings. The maximum atomic E-state index is 14.0. The van der Waals surface area contributed by atoms with E-state index in [0.717, 1.165) is 15.4 Å². The average Bonchev–Trinajstić information content (AvgIpc) is 2.90. The minimum Gasteiger partial charge on any atom is -0.354 e. The molecule has 1 N–H and O–H groups in total. The molecule has 0 aliphatic carbocycles. The van der Waals surface area contributed by atoms with E-state index in [1.165, 1.54) is 23.1 Å². The van der Waals surface area contributed by atoms with Gasteiger partial charge in [0, 0.05) is 18.1 Å². The van der Waals surface area contributed by atoms with Gasteiger partial charge in [-0.2, -0.15) is 0 Å². The molecule has 3 aromatic carbocycles. The topological polar surface area (TPSA) is 86.8 Å². The van der Waals surface area contributed by atoms with Crippen molar-refractivity contribution in [3.05, 3.63) is 94.5 Å². The molecule has 3 rings (SSSR count). The van der Waals surface area contributed by atoms with E-state index in [1.807, 2.05) is 51.1 Å². The summed E-state index contributed by atoms with van der Waals surface area (Å²) in [5.41, 5.74) is 2.67. The second kappa shape index (κ2) is 13.1. The minimum absolute atomic E-state index is 0.0533. The number of aryl methyl sites for hydroxylation is 2. The summed E-state index contributed by atoms with van der Waals surface area (Å²) >= 11 is 6.27. The molecular weight excluding hydrogens is 534 g/mol. The molecule has 0 aromatic heterocycles. The number of hydrogen-bond donors (Lipinski definition) is 1. The van der Waals surface area contributed by atoms with Gasteiger partial charge in [0.15, 0.2) is 0 Å². The van der Waals surface area contributed by atoms with Crippen LogP contribution in [0.1, 0.15) is 37.5 Å². The van der Waals surface area contributed by atoms with Gasteiger partial charge in [-0.1, -0.05) is 79.5 Å². The first kappa shape index (κ1) is 30.2. The molecule has 0 bridgehead atoms. The third kappa shape index (κ3) is 7.83. The lowest BCUT2D eigenvalue weighted by atomic mass is 10.1. The number of amides is 2. The summed E-state index contributed by atoms with van der Waals surface area (Å²) in [6, 6.07) is 19.8. The van der Waals surface area contributed by atoms with E-state index >= 15 is 0 Å². The Hall–Kier alpha value is -3.36. The van der Waals surface area contributed by atoms with Crippen molar-refractivity contribution in [3.63, 3.8) is 0 Å². The molecule has 0 radical (unpaired) electrons. The van der Waals surface area contributed by atoms with Crippen LogP contribution in [-0.2, 0) is 26.2 Å². The van der Waals surface area contributed by atoms with Crippen LogP contribution in [0.5, 0.6) is 0 Å². The number of anilines is 1. The summed E-state index contributed by atoms with van der Waals surface area (Å²) < 4.78 is 29.0. The van der Waals surface area contributed by atoms with Gasteiger partial charge in [-0.15, -0.1) is 0 Å². The highest BCUT2D eigenvalue weighted by molar-refractivity contribution is 7.92. The molecule has 39 heavy (non-hydrogen) atoms. The molecule has 0 saturated carbocycles. The summed E-state index contributed by atoms with van der Waals surface area (Å²) in [6.07, 6.45) is 0. The summed E-state index contributed by atoms with van der Waals surface area (Å²) in [7, 11) is -4.15. The highest BCUT2D eigenvalue weighted by Crippen LogP contribution is 2.30. The summed E-state index contributed by atoms with van der Waals surface area (Å²) in [4.78, 5) is 28.5. The highest BCUT2D eigenvalue weighted by Gasteiger charge is 2.33. The smallest absolute Gasteiger partial charge is 0.264 e. The van der Waals surface area contributed by atoms with Gasteiger partial charge in [0.25, 0.3) is 10.0 Å². The first-order valence-corrected chi connectivity index (χ1v) is 14.7. The van der Waals surface area contributed by atoms with Gasteiger partial charge in [0.05, 0.1) is 10.6 Å². The van der Waals surface area contributed by atoms with Crippen molar-refractivity contribution in [1.29, 1.82) is 0 Å². The summed E-state index contributed by atoms with van der Waals surface area (Å²) in [5, 5.41) is 3.23. The van der Waals surface area contributed by atoms with Crippen LogP contribution < -0.4 is 9.62 Å². The number of halogens is 1. The van der Waals surface area contributed by atoms with Crippen molar-refractivity contribution < 1.29 is 18.0 Å². The fourth-order valence-corrected chi connectivity index (χ4v) is 5.65. The molecular formula is C30H36ClN3O4S. The predicted molar refractivity (Wildman–Crippen MR) is 156 cm³/mol. The maximum Gasteiger partial charge on any atom is 0.264 e.